The second-order valence-electron chi connectivity index (χ2n) is 6.53. The van der Waals surface area contributed by atoms with Crippen molar-refractivity contribution in [1.82, 2.24) is 9.88 Å². The van der Waals surface area contributed by atoms with E-state index in [0.29, 0.717) is 28.9 Å². The third-order valence-electron chi connectivity index (χ3n) is 3.66. The maximum atomic E-state index is 13.5. The number of pyridine rings is 1. The molecule has 0 saturated heterocycles. The number of benzene rings is 1. The number of amides is 1. The van der Waals surface area contributed by atoms with Crippen LogP contribution in [0.4, 0.5) is 4.39 Å². The van der Waals surface area contributed by atoms with Crippen LogP contribution < -0.4 is 10.9 Å². The van der Waals surface area contributed by atoms with E-state index in [2.05, 4.69) is 19.2 Å². The van der Waals surface area contributed by atoms with Gasteiger partial charge in [0.15, 0.2) is 0 Å². The van der Waals surface area contributed by atoms with Gasteiger partial charge in [-0.1, -0.05) is 19.9 Å². The van der Waals surface area contributed by atoms with Gasteiger partial charge < -0.3 is 9.88 Å². The van der Waals surface area contributed by atoms with Crippen LogP contribution in [0.1, 0.15) is 44.6 Å². The molecule has 0 unspecified atom stereocenters. The highest BCUT2D eigenvalue weighted by molar-refractivity contribution is 5.96. The Morgan fingerprint density at radius 3 is 2.52 bits per heavy atom. The molecule has 0 bridgehead atoms. The summed E-state index contributed by atoms with van der Waals surface area (Å²) in [5.41, 5.74) is 0.0000132. The predicted molar refractivity (Wildman–Crippen MR) is 90.2 cm³/mol. The first-order valence-corrected chi connectivity index (χ1v) is 7.93. The molecule has 0 saturated carbocycles. The molecule has 0 spiro atoms. The monoisotopic (exact) mass is 318 g/mol. The lowest BCUT2D eigenvalue weighted by Gasteiger charge is -2.16. The second kappa shape index (κ2) is 6.94. The molecule has 2 rings (SSSR count). The molecule has 0 radical (unpaired) electrons. The summed E-state index contributed by atoms with van der Waals surface area (Å²) >= 11 is 0. The highest BCUT2D eigenvalue weighted by Gasteiger charge is 2.17. The van der Waals surface area contributed by atoms with Crippen molar-refractivity contribution in [3.63, 3.8) is 0 Å². The number of nitrogens with zero attached hydrogens (tertiary/aromatic N) is 1. The Balaban J connectivity index is 2.62. The molecular formula is C18H23FN2O2. The smallest absolute Gasteiger partial charge is 0.268 e. The zero-order valence-corrected chi connectivity index (χ0v) is 14.0. The Hall–Kier alpha value is -2.17. The molecule has 23 heavy (non-hydrogen) atoms. The highest BCUT2D eigenvalue weighted by Crippen LogP contribution is 2.15. The van der Waals surface area contributed by atoms with Crippen molar-refractivity contribution in [3.05, 3.63) is 46.1 Å². The number of fused-ring (bicyclic) bond motifs is 1. The van der Waals surface area contributed by atoms with Crippen LogP contribution in [0.5, 0.6) is 0 Å². The number of hydrogen-bond donors (Lipinski definition) is 1. The Morgan fingerprint density at radius 2 is 1.91 bits per heavy atom. The topological polar surface area (TPSA) is 51.1 Å². The molecule has 0 atom stereocenters. The van der Waals surface area contributed by atoms with Gasteiger partial charge in [-0.05, 0) is 49.8 Å². The SMILES string of the molecule is CC(C)CCn1c(C(=O)NC(C)C)cc2ccc(F)cc2c1=O. The first kappa shape index (κ1) is 17.2. The summed E-state index contributed by atoms with van der Waals surface area (Å²) in [6.07, 6.45) is 0.767. The van der Waals surface area contributed by atoms with Crippen molar-refractivity contribution in [2.45, 2.75) is 46.7 Å². The molecule has 1 amide bonds. The van der Waals surface area contributed by atoms with E-state index in [9.17, 15) is 14.0 Å². The fourth-order valence-electron chi connectivity index (χ4n) is 2.45. The highest BCUT2D eigenvalue weighted by atomic mass is 19.1. The van der Waals surface area contributed by atoms with E-state index >= 15 is 0 Å². The molecule has 1 aromatic carbocycles. The lowest BCUT2D eigenvalue weighted by molar-refractivity contribution is 0.0932. The molecule has 0 aliphatic heterocycles. The maximum absolute atomic E-state index is 13.5. The molecule has 1 aromatic heterocycles. The standard InChI is InChI=1S/C18H23FN2O2/c1-11(2)7-8-21-16(17(22)20-12(3)4)9-13-5-6-14(19)10-15(13)18(21)23/h5-6,9-12H,7-8H2,1-4H3,(H,20,22). The Kier molecular flexibility index (Phi) is 5.19. The molecule has 5 heteroatoms. The van der Waals surface area contributed by atoms with Crippen molar-refractivity contribution in [2.24, 2.45) is 5.92 Å². The minimum atomic E-state index is -0.454. The van der Waals surface area contributed by atoms with Gasteiger partial charge in [0, 0.05) is 12.6 Å². The molecule has 124 valence electrons. The van der Waals surface area contributed by atoms with Crippen LogP contribution in [0.3, 0.4) is 0 Å². The summed E-state index contributed by atoms with van der Waals surface area (Å²) < 4.78 is 14.9. The van der Waals surface area contributed by atoms with Crippen LogP contribution in [0, 0.1) is 11.7 Å². The van der Waals surface area contributed by atoms with E-state index in [1.165, 1.54) is 22.8 Å². The first-order chi connectivity index (χ1) is 10.8. The zero-order valence-electron chi connectivity index (χ0n) is 14.0. The van der Waals surface area contributed by atoms with Gasteiger partial charge in [0.1, 0.15) is 11.5 Å². The fraction of sp³-hybridized carbons (Fsp3) is 0.444. The van der Waals surface area contributed by atoms with Gasteiger partial charge in [0.05, 0.1) is 5.39 Å². The predicted octanol–water partition coefficient (Wildman–Crippen LogP) is 3.32. The van der Waals surface area contributed by atoms with Crippen molar-refractivity contribution in [3.8, 4) is 0 Å². The van der Waals surface area contributed by atoms with Gasteiger partial charge in [0.25, 0.3) is 11.5 Å². The molecule has 0 aliphatic carbocycles. The third kappa shape index (κ3) is 3.97. The Morgan fingerprint density at radius 1 is 1.22 bits per heavy atom. The molecular weight excluding hydrogens is 295 g/mol. The average Bonchev–Trinajstić information content (AvgIpc) is 2.45. The molecule has 1 N–H and O–H groups in total. The van der Waals surface area contributed by atoms with Crippen molar-refractivity contribution in [1.29, 1.82) is 0 Å². The average molecular weight is 318 g/mol. The lowest BCUT2D eigenvalue weighted by atomic mass is 10.1. The van der Waals surface area contributed by atoms with Crippen LogP contribution in [-0.4, -0.2) is 16.5 Å². The Labute approximate surface area is 135 Å². The largest absolute Gasteiger partial charge is 0.349 e. The molecule has 0 fully saturated rings. The minimum Gasteiger partial charge on any atom is -0.349 e. The van der Waals surface area contributed by atoms with Crippen LogP contribution in [0.15, 0.2) is 29.1 Å². The third-order valence-corrected chi connectivity index (χ3v) is 3.66. The van der Waals surface area contributed by atoms with Gasteiger partial charge in [0.2, 0.25) is 0 Å². The van der Waals surface area contributed by atoms with Crippen LogP contribution in [-0.2, 0) is 6.54 Å². The zero-order chi connectivity index (χ0) is 17.1. The number of nitrogens with one attached hydrogen (secondary N) is 1. The summed E-state index contributed by atoms with van der Waals surface area (Å²) in [4.78, 5) is 25.2. The molecule has 4 nitrogen and oxygen atoms in total. The number of rotatable bonds is 5. The van der Waals surface area contributed by atoms with Gasteiger partial charge >= 0.3 is 0 Å². The van der Waals surface area contributed by atoms with Crippen molar-refractivity contribution in [2.75, 3.05) is 0 Å². The number of aromatic nitrogens is 1. The van der Waals surface area contributed by atoms with Crippen LogP contribution in [0.25, 0.3) is 10.8 Å². The minimum absolute atomic E-state index is 0.0277. The van der Waals surface area contributed by atoms with Gasteiger partial charge in [-0.25, -0.2) is 4.39 Å². The van der Waals surface area contributed by atoms with Gasteiger partial charge in [-0.15, -0.1) is 0 Å². The van der Waals surface area contributed by atoms with Crippen molar-refractivity contribution >= 4 is 16.7 Å². The summed E-state index contributed by atoms with van der Waals surface area (Å²) in [7, 11) is 0. The maximum Gasteiger partial charge on any atom is 0.268 e. The van der Waals surface area contributed by atoms with Crippen LogP contribution in [0.2, 0.25) is 0 Å². The first-order valence-electron chi connectivity index (χ1n) is 7.93. The number of carbonyl (C=O) groups excluding carboxylic acids is 1. The van der Waals surface area contributed by atoms with E-state index in [4.69, 9.17) is 0 Å². The summed E-state index contributed by atoms with van der Waals surface area (Å²) in [6.45, 7) is 8.28. The normalized spacial score (nSPS) is 11.4. The van der Waals surface area contributed by atoms with Gasteiger partial charge in [-0.3, -0.25) is 9.59 Å². The number of hydrogen-bond acceptors (Lipinski definition) is 2. The fourth-order valence-corrected chi connectivity index (χ4v) is 2.45. The molecule has 0 aliphatic rings. The molecule has 2 aromatic rings. The van der Waals surface area contributed by atoms with E-state index in [1.54, 1.807) is 6.07 Å². The van der Waals surface area contributed by atoms with Gasteiger partial charge in [-0.2, -0.15) is 0 Å². The number of halogens is 1. The van der Waals surface area contributed by atoms with Crippen LogP contribution >= 0.6 is 0 Å². The summed E-state index contributed by atoms with van der Waals surface area (Å²) in [5, 5.41) is 3.69. The molecule has 1 heterocycles. The van der Waals surface area contributed by atoms with E-state index < -0.39 is 5.82 Å². The second-order valence-corrected chi connectivity index (χ2v) is 6.53. The lowest BCUT2D eigenvalue weighted by Crippen LogP contribution is -2.36. The van der Waals surface area contributed by atoms with Crippen molar-refractivity contribution < 1.29 is 9.18 Å². The van der Waals surface area contributed by atoms with E-state index in [1.807, 2.05) is 13.8 Å². The summed E-state index contributed by atoms with van der Waals surface area (Å²) in [6, 6.07) is 5.69. The summed E-state index contributed by atoms with van der Waals surface area (Å²) in [5.74, 6) is -0.345. The van der Waals surface area contributed by atoms with E-state index in [-0.39, 0.29) is 17.5 Å². The quantitative estimate of drug-likeness (QED) is 0.919. The number of carbonyl (C=O) groups is 1. The van der Waals surface area contributed by atoms with E-state index in [0.717, 1.165) is 6.42 Å². The Bertz CT molecular complexity index is 778.